The molecule has 2 saturated heterocycles. The molecular formula is C24H23F3N4O. The molecule has 166 valence electrons. The Bertz CT molecular complexity index is 1100. The normalized spacial score (nSPS) is 21.3. The summed E-state index contributed by atoms with van der Waals surface area (Å²) in [5, 5.41) is 4.22. The number of rotatable bonds is 5. The van der Waals surface area contributed by atoms with Gasteiger partial charge in [-0.1, -0.05) is 30.3 Å². The quantitative estimate of drug-likeness (QED) is 0.595. The first-order valence-corrected chi connectivity index (χ1v) is 10.7. The third-order valence-electron chi connectivity index (χ3n) is 6.43. The van der Waals surface area contributed by atoms with Crippen LogP contribution in [0.25, 0.3) is 5.69 Å². The predicted octanol–water partition coefficient (Wildman–Crippen LogP) is 4.27. The van der Waals surface area contributed by atoms with Gasteiger partial charge in [0.2, 0.25) is 5.91 Å². The van der Waals surface area contributed by atoms with Crippen LogP contribution < -0.4 is 0 Å². The average molecular weight is 440 g/mol. The zero-order chi connectivity index (χ0) is 22.3. The summed E-state index contributed by atoms with van der Waals surface area (Å²) in [4.78, 5) is 16.8. The van der Waals surface area contributed by atoms with E-state index in [-0.39, 0.29) is 18.0 Å². The third kappa shape index (κ3) is 4.02. The van der Waals surface area contributed by atoms with Crippen molar-refractivity contribution >= 4 is 5.91 Å². The summed E-state index contributed by atoms with van der Waals surface area (Å²) in [5.74, 6) is 0.102. The Morgan fingerprint density at radius 3 is 2.50 bits per heavy atom. The van der Waals surface area contributed by atoms with Crippen molar-refractivity contribution in [3.63, 3.8) is 0 Å². The van der Waals surface area contributed by atoms with Crippen LogP contribution in [0.4, 0.5) is 13.2 Å². The fourth-order valence-corrected chi connectivity index (χ4v) is 4.86. The molecule has 5 nitrogen and oxygen atoms in total. The zero-order valence-electron chi connectivity index (χ0n) is 17.4. The van der Waals surface area contributed by atoms with Gasteiger partial charge >= 0.3 is 6.18 Å². The summed E-state index contributed by atoms with van der Waals surface area (Å²) >= 11 is 0. The molecule has 5 rings (SSSR count). The number of carbonyl (C=O) groups is 1. The Hall–Kier alpha value is -3.13. The van der Waals surface area contributed by atoms with Gasteiger partial charge in [-0.15, -0.1) is 0 Å². The van der Waals surface area contributed by atoms with Gasteiger partial charge in [0.15, 0.2) is 0 Å². The van der Waals surface area contributed by atoms with E-state index in [1.165, 1.54) is 12.1 Å². The Labute approximate surface area is 184 Å². The van der Waals surface area contributed by atoms with Crippen molar-refractivity contribution in [3.8, 4) is 5.69 Å². The van der Waals surface area contributed by atoms with E-state index in [0.717, 1.165) is 30.3 Å². The summed E-state index contributed by atoms with van der Waals surface area (Å²) in [6.07, 6.45) is 0.496. The molecule has 0 bridgehead atoms. The number of benzene rings is 2. The maximum atomic E-state index is 13.0. The highest BCUT2D eigenvalue weighted by molar-refractivity contribution is 5.80. The zero-order valence-corrected chi connectivity index (χ0v) is 17.4. The topological polar surface area (TPSA) is 41.4 Å². The minimum absolute atomic E-state index is 0.0420. The second kappa shape index (κ2) is 8.09. The van der Waals surface area contributed by atoms with E-state index in [1.807, 2.05) is 41.4 Å². The fourth-order valence-electron chi connectivity index (χ4n) is 4.86. The summed E-state index contributed by atoms with van der Waals surface area (Å²) in [6.45, 7) is 1.73. The minimum Gasteiger partial charge on any atom is -0.334 e. The number of hydrogen-bond donors (Lipinski definition) is 0. The van der Waals surface area contributed by atoms with E-state index in [4.69, 9.17) is 0 Å². The van der Waals surface area contributed by atoms with Crippen LogP contribution in [0.1, 0.15) is 29.5 Å². The molecule has 2 aromatic carbocycles. The fraction of sp³-hybridized carbons (Fsp3) is 0.333. The molecule has 2 aliphatic rings. The van der Waals surface area contributed by atoms with Gasteiger partial charge in [-0.3, -0.25) is 9.69 Å². The van der Waals surface area contributed by atoms with E-state index in [9.17, 15) is 18.0 Å². The number of nitrogens with zero attached hydrogens (tertiary/aromatic N) is 4. The summed E-state index contributed by atoms with van der Waals surface area (Å²) in [5.41, 5.74) is 2.00. The van der Waals surface area contributed by atoms with Gasteiger partial charge in [0, 0.05) is 50.5 Å². The van der Waals surface area contributed by atoms with Gasteiger partial charge in [0.1, 0.15) is 0 Å². The van der Waals surface area contributed by atoms with Crippen LogP contribution in [0, 0.1) is 0 Å². The number of hydrogen-bond acceptors (Lipinski definition) is 3. The molecular weight excluding hydrogens is 417 g/mol. The van der Waals surface area contributed by atoms with E-state index < -0.39 is 11.7 Å². The Balaban J connectivity index is 1.26. The second-order valence-corrected chi connectivity index (χ2v) is 8.43. The maximum absolute atomic E-state index is 13.0. The molecule has 0 spiro atoms. The molecule has 1 aromatic heterocycles. The highest BCUT2D eigenvalue weighted by Gasteiger charge is 2.46. The van der Waals surface area contributed by atoms with Gasteiger partial charge in [0.25, 0.3) is 0 Å². The van der Waals surface area contributed by atoms with Crippen LogP contribution in [0.3, 0.4) is 0 Å². The van der Waals surface area contributed by atoms with Crippen LogP contribution in [0.5, 0.6) is 0 Å². The number of alkyl halides is 3. The molecule has 2 fully saturated rings. The molecule has 3 heterocycles. The van der Waals surface area contributed by atoms with Crippen LogP contribution in [-0.2, 0) is 24.1 Å². The van der Waals surface area contributed by atoms with E-state index in [2.05, 4.69) is 10.00 Å². The first kappa shape index (κ1) is 20.8. The smallest absolute Gasteiger partial charge is 0.334 e. The Morgan fingerprint density at radius 2 is 1.78 bits per heavy atom. The number of carbonyl (C=O) groups excluding carboxylic acids is 1. The van der Waals surface area contributed by atoms with Crippen molar-refractivity contribution in [2.75, 3.05) is 6.54 Å². The van der Waals surface area contributed by atoms with Crippen molar-refractivity contribution < 1.29 is 18.0 Å². The lowest BCUT2D eigenvalue weighted by Gasteiger charge is -2.26. The van der Waals surface area contributed by atoms with Gasteiger partial charge < -0.3 is 4.90 Å². The third-order valence-corrected chi connectivity index (χ3v) is 6.43. The van der Waals surface area contributed by atoms with Crippen LogP contribution in [-0.4, -0.2) is 44.1 Å². The molecule has 1 amide bonds. The van der Waals surface area contributed by atoms with E-state index in [0.29, 0.717) is 25.1 Å². The lowest BCUT2D eigenvalue weighted by atomic mass is 10.1. The molecule has 2 aliphatic heterocycles. The molecule has 0 aliphatic carbocycles. The molecule has 3 aromatic rings. The van der Waals surface area contributed by atoms with E-state index in [1.54, 1.807) is 16.9 Å². The number of aromatic nitrogens is 2. The predicted molar refractivity (Wildman–Crippen MR) is 113 cm³/mol. The first-order chi connectivity index (χ1) is 15.4. The van der Waals surface area contributed by atoms with Gasteiger partial charge in [-0.2, -0.15) is 18.3 Å². The van der Waals surface area contributed by atoms with Crippen LogP contribution >= 0.6 is 0 Å². The Kier molecular flexibility index (Phi) is 5.25. The number of amides is 1. The van der Waals surface area contributed by atoms with Crippen molar-refractivity contribution in [1.29, 1.82) is 0 Å². The second-order valence-electron chi connectivity index (χ2n) is 8.43. The molecule has 0 unspecified atom stereocenters. The average Bonchev–Trinajstić information content (AvgIpc) is 3.49. The van der Waals surface area contributed by atoms with Gasteiger partial charge in [-0.25, -0.2) is 4.68 Å². The molecule has 32 heavy (non-hydrogen) atoms. The van der Waals surface area contributed by atoms with Crippen molar-refractivity contribution in [3.05, 3.63) is 83.7 Å². The maximum Gasteiger partial charge on any atom is 0.416 e. The van der Waals surface area contributed by atoms with E-state index >= 15 is 0 Å². The summed E-state index contributed by atoms with van der Waals surface area (Å²) < 4.78 is 40.9. The molecule has 8 heteroatoms. The standard InChI is InChI=1S/C24H23F3N4O/c25-24(26,27)19-4-1-3-18(13-19)15-29-12-9-21-22(29)14-23(32)30(21)16-17-5-7-20(8-6-17)31-11-2-10-28-31/h1-8,10-11,13,21-22H,9,12,14-16H2/t21-,22-/m0/s1. The van der Waals surface area contributed by atoms with Gasteiger partial charge in [0.05, 0.1) is 11.3 Å². The van der Waals surface area contributed by atoms with Crippen molar-refractivity contribution in [2.45, 2.75) is 44.2 Å². The SMILES string of the molecule is O=C1C[C@H]2[C@H](CCN2Cc2cccc(C(F)(F)F)c2)N1Cc1ccc(-n2cccn2)cc1. The monoisotopic (exact) mass is 440 g/mol. The largest absolute Gasteiger partial charge is 0.416 e. The van der Waals surface area contributed by atoms with Crippen molar-refractivity contribution in [2.24, 2.45) is 0 Å². The van der Waals surface area contributed by atoms with Gasteiger partial charge in [-0.05, 0) is 41.8 Å². The van der Waals surface area contributed by atoms with Crippen LogP contribution in [0.15, 0.2) is 67.0 Å². The lowest BCUT2D eigenvalue weighted by Crippen LogP contribution is -2.36. The number of halogens is 3. The summed E-state index contributed by atoms with van der Waals surface area (Å²) in [7, 11) is 0. The number of fused-ring (bicyclic) bond motifs is 1. The van der Waals surface area contributed by atoms with Crippen molar-refractivity contribution in [1.82, 2.24) is 19.6 Å². The number of likely N-dealkylation sites (tertiary alicyclic amines) is 2. The molecule has 2 atom stereocenters. The first-order valence-electron chi connectivity index (χ1n) is 10.7. The Morgan fingerprint density at radius 1 is 0.969 bits per heavy atom. The molecule has 0 radical (unpaired) electrons. The highest BCUT2D eigenvalue weighted by Crippen LogP contribution is 2.35. The molecule has 0 saturated carbocycles. The molecule has 0 N–H and O–H groups in total. The minimum atomic E-state index is -4.35. The van der Waals surface area contributed by atoms with Crippen LogP contribution in [0.2, 0.25) is 0 Å². The summed E-state index contributed by atoms with van der Waals surface area (Å²) in [6, 6.07) is 15.5. The lowest BCUT2D eigenvalue weighted by molar-refractivity contribution is -0.137. The highest BCUT2D eigenvalue weighted by atomic mass is 19.4.